The molecule has 4 heteroatoms. The lowest BCUT2D eigenvalue weighted by Crippen LogP contribution is -2.31. The van der Waals surface area contributed by atoms with Gasteiger partial charge in [-0.2, -0.15) is 0 Å². The summed E-state index contributed by atoms with van der Waals surface area (Å²) in [5.41, 5.74) is 2.06. The Bertz CT molecular complexity index is 518. The van der Waals surface area contributed by atoms with Crippen LogP contribution in [0.3, 0.4) is 0 Å². The smallest absolute Gasteiger partial charge is 0.159 e. The van der Waals surface area contributed by atoms with E-state index in [2.05, 4.69) is 20.6 Å². The van der Waals surface area contributed by atoms with Crippen LogP contribution in [0.5, 0.6) is 0 Å². The molecule has 4 nitrogen and oxygen atoms in total. The summed E-state index contributed by atoms with van der Waals surface area (Å²) in [5, 5.41) is 6.83. The summed E-state index contributed by atoms with van der Waals surface area (Å²) >= 11 is 0. The molecule has 1 saturated heterocycles. The molecule has 1 aromatic heterocycles. The van der Waals surface area contributed by atoms with E-state index in [1.165, 1.54) is 12.8 Å². The zero-order valence-corrected chi connectivity index (χ0v) is 11.5. The second kappa shape index (κ2) is 6.48. The van der Waals surface area contributed by atoms with Crippen molar-refractivity contribution in [3.63, 3.8) is 0 Å². The molecule has 1 aromatic carbocycles. The van der Waals surface area contributed by atoms with E-state index in [1.54, 1.807) is 0 Å². The molecule has 20 heavy (non-hydrogen) atoms. The van der Waals surface area contributed by atoms with Crippen LogP contribution in [-0.4, -0.2) is 29.6 Å². The Morgan fingerprint density at radius 1 is 1.05 bits per heavy atom. The third-order valence-corrected chi connectivity index (χ3v) is 3.74. The number of nitrogens with one attached hydrogen (secondary N) is 2. The zero-order valence-electron chi connectivity index (χ0n) is 11.5. The van der Waals surface area contributed by atoms with Crippen molar-refractivity contribution < 1.29 is 0 Å². The molecular weight excluding hydrogens is 248 g/mol. The van der Waals surface area contributed by atoms with E-state index in [0.717, 1.165) is 42.6 Å². The highest BCUT2D eigenvalue weighted by atomic mass is 15.0. The van der Waals surface area contributed by atoms with Crippen molar-refractivity contribution in [2.75, 3.05) is 25.0 Å². The first kappa shape index (κ1) is 13.1. The summed E-state index contributed by atoms with van der Waals surface area (Å²) in [6, 6.07) is 10.1. The van der Waals surface area contributed by atoms with E-state index >= 15 is 0 Å². The molecule has 1 aliphatic rings. The van der Waals surface area contributed by atoms with Crippen LogP contribution in [0.2, 0.25) is 0 Å². The van der Waals surface area contributed by atoms with Crippen LogP contribution < -0.4 is 10.6 Å². The number of nitrogens with zero attached hydrogens (tertiary/aromatic N) is 2. The number of rotatable bonds is 4. The average Bonchev–Trinajstić information content (AvgIpc) is 2.55. The topological polar surface area (TPSA) is 49.8 Å². The van der Waals surface area contributed by atoms with Crippen LogP contribution in [0, 0.1) is 5.92 Å². The number of aromatic nitrogens is 2. The van der Waals surface area contributed by atoms with Crippen LogP contribution in [0.4, 0.5) is 5.69 Å². The minimum absolute atomic E-state index is 0.755. The molecule has 0 saturated carbocycles. The molecule has 0 unspecified atom stereocenters. The van der Waals surface area contributed by atoms with Crippen LogP contribution in [0.1, 0.15) is 12.8 Å². The van der Waals surface area contributed by atoms with E-state index in [9.17, 15) is 0 Å². The fourth-order valence-electron chi connectivity index (χ4n) is 2.50. The minimum atomic E-state index is 0.755. The Kier molecular flexibility index (Phi) is 4.23. The number of hydrogen-bond acceptors (Lipinski definition) is 4. The van der Waals surface area contributed by atoms with Gasteiger partial charge in [-0.3, -0.25) is 0 Å². The molecule has 2 heterocycles. The third kappa shape index (κ3) is 3.33. The highest BCUT2D eigenvalue weighted by Gasteiger charge is 2.12. The summed E-state index contributed by atoms with van der Waals surface area (Å²) in [6.45, 7) is 3.28. The summed E-state index contributed by atoms with van der Waals surface area (Å²) in [7, 11) is 0. The summed E-state index contributed by atoms with van der Waals surface area (Å²) in [4.78, 5) is 8.85. The largest absolute Gasteiger partial charge is 0.382 e. The van der Waals surface area contributed by atoms with E-state index < -0.39 is 0 Å². The predicted molar refractivity (Wildman–Crippen MR) is 81.6 cm³/mol. The molecule has 2 N–H and O–H groups in total. The van der Waals surface area contributed by atoms with Crippen molar-refractivity contribution in [1.29, 1.82) is 0 Å². The van der Waals surface area contributed by atoms with Gasteiger partial charge in [0.25, 0.3) is 0 Å². The normalized spacial score (nSPS) is 16.0. The second-order valence-electron chi connectivity index (χ2n) is 5.24. The average molecular weight is 268 g/mol. The Morgan fingerprint density at radius 3 is 2.45 bits per heavy atom. The first-order valence-corrected chi connectivity index (χ1v) is 7.24. The zero-order chi connectivity index (χ0) is 13.6. The second-order valence-corrected chi connectivity index (χ2v) is 5.24. The SMILES string of the molecule is c1ccc(-c2ncc(NCC3CCNCC3)cn2)cc1. The summed E-state index contributed by atoms with van der Waals surface area (Å²) in [6.07, 6.45) is 6.23. The van der Waals surface area contributed by atoms with Crippen molar-refractivity contribution in [2.45, 2.75) is 12.8 Å². The van der Waals surface area contributed by atoms with Gasteiger partial charge in [0.05, 0.1) is 18.1 Å². The van der Waals surface area contributed by atoms with Gasteiger partial charge >= 0.3 is 0 Å². The molecule has 3 rings (SSSR count). The van der Waals surface area contributed by atoms with Crippen LogP contribution >= 0.6 is 0 Å². The monoisotopic (exact) mass is 268 g/mol. The molecule has 104 valence electrons. The predicted octanol–water partition coefficient (Wildman–Crippen LogP) is 2.56. The van der Waals surface area contributed by atoms with Gasteiger partial charge in [0, 0.05) is 12.1 Å². The van der Waals surface area contributed by atoms with Crippen molar-refractivity contribution in [3.8, 4) is 11.4 Å². The highest BCUT2D eigenvalue weighted by molar-refractivity contribution is 5.55. The molecule has 0 aliphatic carbocycles. The fraction of sp³-hybridized carbons (Fsp3) is 0.375. The Hall–Kier alpha value is -1.94. The standard InChI is InChI=1S/C16H20N4/c1-2-4-14(5-3-1)16-19-11-15(12-20-16)18-10-13-6-8-17-9-7-13/h1-5,11-13,17-18H,6-10H2. The Balaban J connectivity index is 1.58. The molecule has 0 amide bonds. The van der Waals surface area contributed by atoms with Crippen molar-refractivity contribution in [2.24, 2.45) is 5.92 Å². The molecule has 0 atom stereocenters. The van der Waals surface area contributed by atoms with Crippen LogP contribution in [0.15, 0.2) is 42.7 Å². The molecule has 0 radical (unpaired) electrons. The van der Waals surface area contributed by atoms with Crippen molar-refractivity contribution >= 4 is 5.69 Å². The van der Waals surface area contributed by atoms with Gasteiger partial charge in [-0.05, 0) is 31.8 Å². The van der Waals surface area contributed by atoms with E-state index in [0.29, 0.717) is 0 Å². The van der Waals surface area contributed by atoms with Crippen molar-refractivity contribution in [3.05, 3.63) is 42.7 Å². The molecule has 0 bridgehead atoms. The van der Waals surface area contributed by atoms with E-state index in [-0.39, 0.29) is 0 Å². The lowest BCUT2D eigenvalue weighted by molar-refractivity contribution is 0.390. The molecular formula is C16H20N4. The third-order valence-electron chi connectivity index (χ3n) is 3.74. The lowest BCUT2D eigenvalue weighted by atomic mass is 9.98. The number of hydrogen-bond donors (Lipinski definition) is 2. The number of benzene rings is 1. The van der Waals surface area contributed by atoms with Gasteiger partial charge in [-0.15, -0.1) is 0 Å². The maximum Gasteiger partial charge on any atom is 0.159 e. The first-order valence-electron chi connectivity index (χ1n) is 7.24. The molecule has 1 fully saturated rings. The quantitative estimate of drug-likeness (QED) is 0.894. The van der Waals surface area contributed by atoms with E-state index in [1.807, 2.05) is 42.7 Å². The molecule has 2 aromatic rings. The van der Waals surface area contributed by atoms with Gasteiger partial charge in [0.1, 0.15) is 0 Å². The summed E-state index contributed by atoms with van der Waals surface area (Å²) in [5.74, 6) is 1.53. The van der Waals surface area contributed by atoms with Gasteiger partial charge in [0.15, 0.2) is 5.82 Å². The minimum Gasteiger partial charge on any atom is -0.382 e. The lowest BCUT2D eigenvalue weighted by Gasteiger charge is -2.23. The Labute approximate surface area is 119 Å². The van der Waals surface area contributed by atoms with Gasteiger partial charge in [-0.25, -0.2) is 9.97 Å². The van der Waals surface area contributed by atoms with E-state index in [4.69, 9.17) is 0 Å². The first-order chi connectivity index (χ1) is 9.92. The number of anilines is 1. The number of piperidine rings is 1. The highest BCUT2D eigenvalue weighted by Crippen LogP contribution is 2.16. The van der Waals surface area contributed by atoms with Crippen molar-refractivity contribution in [1.82, 2.24) is 15.3 Å². The molecule has 1 aliphatic heterocycles. The van der Waals surface area contributed by atoms with Crippen LogP contribution in [0.25, 0.3) is 11.4 Å². The van der Waals surface area contributed by atoms with Gasteiger partial charge in [-0.1, -0.05) is 30.3 Å². The summed E-state index contributed by atoms with van der Waals surface area (Å²) < 4.78 is 0. The maximum absolute atomic E-state index is 4.43. The van der Waals surface area contributed by atoms with Gasteiger partial charge < -0.3 is 10.6 Å². The van der Waals surface area contributed by atoms with Gasteiger partial charge in [0.2, 0.25) is 0 Å². The van der Waals surface area contributed by atoms with Crippen LogP contribution in [-0.2, 0) is 0 Å². The fourth-order valence-corrected chi connectivity index (χ4v) is 2.50. The Morgan fingerprint density at radius 2 is 1.75 bits per heavy atom. The maximum atomic E-state index is 4.43. The molecule has 0 spiro atoms.